The molecule has 2 rings (SSSR count). The molecule has 2 N–H and O–H groups in total. The lowest BCUT2D eigenvalue weighted by Gasteiger charge is -2.15. The van der Waals surface area contributed by atoms with E-state index in [0.29, 0.717) is 22.9 Å². The molecular weight excluding hydrogens is 312 g/mol. The van der Waals surface area contributed by atoms with Crippen LogP contribution in [0.2, 0.25) is 10.0 Å². The molecule has 0 spiro atoms. The van der Waals surface area contributed by atoms with Gasteiger partial charge < -0.3 is 10.5 Å². The van der Waals surface area contributed by atoms with Crippen LogP contribution in [-0.4, -0.2) is 6.04 Å². The molecule has 2 nitrogen and oxygen atoms in total. The maximum absolute atomic E-state index is 13.5. The molecule has 0 aliphatic heterocycles. The summed E-state index contributed by atoms with van der Waals surface area (Å²) in [7, 11) is 0. The number of nitrogens with two attached hydrogens (primary N) is 1. The number of benzene rings is 2. The van der Waals surface area contributed by atoms with Crippen molar-refractivity contribution in [3.05, 3.63) is 57.8 Å². The number of rotatable bonds is 5. The lowest BCUT2D eigenvalue weighted by molar-refractivity contribution is 0.467. The van der Waals surface area contributed by atoms with Crippen molar-refractivity contribution in [2.24, 2.45) is 5.73 Å². The molecule has 0 heterocycles. The van der Waals surface area contributed by atoms with Gasteiger partial charge in [0, 0.05) is 17.1 Å². The van der Waals surface area contributed by atoms with E-state index >= 15 is 0 Å². The van der Waals surface area contributed by atoms with Crippen molar-refractivity contribution in [1.29, 1.82) is 0 Å². The zero-order valence-corrected chi connectivity index (χ0v) is 13.1. The van der Waals surface area contributed by atoms with Crippen molar-refractivity contribution in [3.8, 4) is 11.5 Å². The molecule has 0 amide bonds. The van der Waals surface area contributed by atoms with Gasteiger partial charge in [-0.05, 0) is 48.7 Å². The molecule has 0 bridgehead atoms. The van der Waals surface area contributed by atoms with E-state index in [1.54, 1.807) is 18.2 Å². The summed E-state index contributed by atoms with van der Waals surface area (Å²) in [6, 6.07) is 9.65. The van der Waals surface area contributed by atoms with Gasteiger partial charge in [0.05, 0.1) is 5.02 Å². The van der Waals surface area contributed by atoms with Gasteiger partial charge in [-0.1, -0.05) is 30.1 Å². The highest BCUT2D eigenvalue weighted by molar-refractivity contribution is 6.31. The van der Waals surface area contributed by atoms with Crippen LogP contribution in [0.25, 0.3) is 0 Å². The van der Waals surface area contributed by atoms with Crippen LogP contribution in [0.4, 0.5) is 4.39 Å². The fraction of sp³-hybridized carbons (Fsp3) is 0.250. The van der Waals surface area contributed by atoms with E-state index in [4.69, 9.17) is 33.7 Å². The standard InChI is InChI=1S/C16H16Cl2FNO/c1-2-12(20)8-10-7-11(17)3-6-16(10)21-13-4-5-14(18)15(19)9-13/h3-7,9,12H,2,8,20H2,1H3. The fourth-order valence-corrected chi connectivity index (χ4v) is 2.21. The first-order valence-corrected chi connectivity index (χ1v) is 7.42. The van der Waals surface area contributed by atoms with E-state index in [2.05, 4.69) is 0 Å². The summed E-state index contributed by atoms with van der Waals surface area (Å²) in [5, 5.41) is 0.676. The van der Waals surface area contributed by atoms with E-state index in [1.165, 1.54) is 12.1 Å². The molecular formula is C16H16Cl2FNO. The van der Waals surface area contributed by atoms with E-state index in [-0.39, 0.29) is 11.1 Å². The molecule has 0 radical (unpaired) electrons. The van der Waals surface area contributed by atoms with Crippen molar-refractivity contribution < 1.29 is 9.13 Å². The number of hydrogen-bond acceptors (Lipinski definition) is 2. The third-order valence-electron chi connectivity index (χ3n) is 3.15. The van der Waals surface area contributed by atoms with Gasteiger partial charge in [0.25, 0.3) is 0 Å². The molecule has 1 atom stereocenters. The Morgan fingerprint density at radius 2 is 1.95 bits per heavy atom. The Kier molecular flexibility index (Phi) is 5.45. The minimum atomic E-state index is -0.519. The predicted octanol–water partition coefficient (Wildman–Crippen LogP) is 5.20. The minimum absolute atomic E-state index is 0.0211. The molecule has 21 heavy (non-hydrogen) atoms. The Morgan fingerprint density at radius 1 is 1.19 bits per heavy atom. The van der Waals surface area contributed by atoms with Crippen LogP contribution >= 0.6 is 23.2 Å². The van der Waals surface area contributed by atoms with Crippen LogP contribution in [0, 0.1) is 5.82 Å². The van der Waals surface area contributed by atoms with Crippen molar-refractivity contribution >= 4 is 23.2 Å². The molecule has 1 unspecified atom stereocenters. The van der Waals surface area contributed by atoms with E-state index in [1.807, 2.05) is 13.0 Å². The second-order valence-corrected chi connectivity index (χ2v) is 5.65. The van der Waals surface area contributed by atoms with Crippen LogP contribution in [0.15, 0.2) is 36.4 Å². The average Bonchev–Trinajstić information content (AvgIpc) is 2.45. The number of ether oxygens (including phenoxy) is 1. The van der Waals surface area contributed by atoms with Crippen LogP contribution in [0.5, 0.6) is 11.5 Å². The maximum atomic E-state index is 13.5. The average molecular weight is 328 g/mol. The quantitative estimate of drug-likeness (QED) is 0.818. The molecule has 0 saturated heterocycles. The second kappa shape index (κ2) is 7.12. The summed E-state index contributed by atoms with van der Waals surface area (Å²) in [4.78, 5) is 0. The molecule has 112 valence electrons. The maximum Gasteiger partial charge on any atom is 0.145 e. The second-order valence-electron chi connectivity index (χ2n) is 4.80. The third-order valence-corrected chi connectivity index (χ3v) is 3.69. The molecule has 2 aromatic carbocycles. The summed E-state index contributed by atoms with van der Waals surface area (Å²) in [5.41, 5.74) is 6.88. The predicted molar refractivity (Wildman–Crippen MR) is 84.9 cm³/mol. The van der Waals surface area contributed by atoms with Gasteiger partial charge >= 0.3 is 0 Å². The monoisotopic (exact) mass is 327 g/mol. The zero-order chi connectivity index (χ0) is 15.4. The van der Waals surface area contributed by atoms with Crippen molar-refractivity contribution in [2.45, 2.75) is 25.8 Å². The first-order chi connectivity index (χ1) is 9.99. The lowest BCUT2D eigenvalue weighted by Crippen LogP contribution is -2.21. The highest BCUT2D eigenvalue weighted by Gasteiger charge is 2.11. The Balaban J connectivity index is 2.28. The first kappa shape index (κ1) is 16.1. The molecule has 0 aromatic heterocycles. The van der Waals surface area contributed by atoms with Crippen LogP contribution in [0.3, 0.4) is 0 Å². The highest BCUT2D eigenvalue weighted by atomic mass is 35.5. The van der Waals surface area contributed by atoms with Gasteiger partial charge in [-0.3, -0.25) is 0 Å². The van der Waals surface area contributed by atoms with E-state index in [0.717, 1.165) is 12.0 Å². The Morgan fingerprint density at radius 3 is 2.62 bits per heavy atom. The summed E-state index contributed by atoms with van der Waals surface area (Å²) in [5.74, 6) is 0.477. The van der Waals surface area contributed by atoms with Gasteiger partial charge in [0.1, 0.15) is 17.3 Å². The van der Waals surface area contributed by atoms with Crippen molar-refractivity contribution in [3.63, 3.8) is 0 Å². The number of hydrogen-bond donors (Lipinski definition) is 1. The smallest absolute Gasteiger partial charge is 0.145 e. The summed E-state index contributed by atoms with van der Waals surface area (Å²) in [6.45, 7) is 2.02. The van der Waals surface area contributed by atoms with Crippen molar-refractivity contribution in [2.75, 3.05) is 0 Å². The Hall–Kier alpha value is -1.29. The lowest BCUT2D eigenvalue weighted by atomic mass is 10.0. The number of halogens is 3. The minimum Gasteiger partial charge on any atom is -0.457 e. The van der Waals surface area contributed by atoms with Gasteiger partial charge in [-0.25, -0.2) is 4.39 Å². The zero-order valence-electron chi connectivity index (χ0n) is 11.6. The molecule has 2 aromatic rings. The van der Waals surface area contributed by atoms with Gasteiger partial charge in [0.2, 0.25) is 0 Å². The molecule has 0 aliphatic carbocycles. The third kappa shape index (κ3) is 4.34. The van der Waals surface area contributed by atoms with Gasteiger partial charge in [-0.15, -0.1) is 0 Å². The Labute approximate surface area is 133 Å². The van der Waals surface area contributed by atoms with Gasteiger partial charge in [0.15, 0.2) is 0 Å². The largest absolute Gasteiger partial charge is 0.457 e. The molecule has 5 heteroatoms. The summed E-state index contributed by atoms with van der Waals surface area (Å²) < 4.78 is 19.2. The fourth-order valence-electron chi connectivity index (χ4n) is 1.90. The van der Waals surface area contributed by atoms with Crippen LogP contribution in [0.1, 0.15) is 18.9 Å². The Bertz CT molecular complexity index is 634. The van der Waals surface area contributed by atoms with E-state index in [9.17, 15) is 4.39 Å². The SMILES string of the molecule is CCC(N)Cc1cc(Cl)ccc1Oc1ccc(Cl)c(F)c1. The first-order valence-electron chi connectivity index (χ1n) is 6.66. The highest BCUT2D eigenvalue weighted by Crippen LogP contribution is 2.30. The molecule has 0 saturated carbocycles. The van der Waals surface area contributed by atoms with E-state index < -0.39 is 5.82 Å². The summed E-state index contributed by atoms with van der Waals surface area (Å²) in [6.07, 6.45) is 1.49. The van der Waals surface area contributed by atoms with Crippen LogP contribution in [-0.2, 0) is 6.42 Å². The normalized spacial score (nSPS) is 12.2. The topological polar surface area (TPSA) is 35.2 Å². The van der Waals surface area contributed by atoms with Crippen LogP contribution < -0.4 is 10.5 Å². The molecule has 0 aliphatic rings. The van der Waals surface area contributed by atoms with Gasteiger partial charge in [-0.2, -0.15) is 0 Å². The summed E-state index contributed by atoms with van der Waals surface area (Å²) >= 11 is 11.7. The van der Waals surface area contributed by atoms with Crippen molar-refractivity contribution in [1.82, 2.24) is 0 Å². The molecule has 0 fully saturated rings.